The molecule has 8 heteroatoms. The lowest BCUT2D eigenvalue weighted by Crippen LogP contribution is -2.42. The number of methoxy groups -OCH3 is 2. The van der Waals surface area contributed by atoms with Crippen LogP contribution in [-0.2, 0) is 27.7 Å². The average Bonchev–Trinajstić information content (AvgIpc) is 2.87. The highest BCUT2D eigenvalue weighted by Gasteiger charge is 2.27. The molecule has 7 nitrogen and oxygen atoms in total. The van der Waals surface area contributed by atoms with Crippen molar-refractivity contribution in [3.8, 4) is 11.5 Å². The van der Waals surface area contributed by atoms with E-state index in [9.17, 15) is 13.2 Å². The van der Waals surface area contributed by atoms with E-state index in [1.54, 1.807) is 6.07 Å². The number of carbonyl (C=O) groups excluding carboxylic acids is 1. The average molecular weight is 483 g/mol. The molecule has 0 atom stereocenters. The predicted molar refractivity (Wildman–Crippen MR) is 132 cm³/mol. The molecule has 0 radical (unpaired) electrons. The molecule has 3 aromatic carbocycles. The van der Waals surface area contributed by atoms with E-state index in [2.05, 4.69) is 5.32 Å². The van der Waals surface area contributed by atoms with Gasteiger partial charge in [-0.25, -0.2) is 8.42 Å². The van der Waals surface area contributed by atoms with Crippen molar-refractivity contribution in [1.29, 1.82) is 0 Å². The molecule has 0 spiro atoms. The van der Waals surface area contributed by atoms with Gasteiger partial charge in [0, 0.05) is 19.2 Å². The molecule has 180 valence electrons. The summed E-state index contributed by atoms with van der Waals surface area (Å²) in [7, 11) is -1.03. The molecule has 0 fully saturated rings. The number of rotatable bonds is 12. The van der Waals surface area contributed by atoms with Crippen LogP contribution in [0.25, 0.3) is 0 Å². The Balaban J connectivity index is 1.75. The van der Waals surface area contributed by atoms with Crippen molar-refractivity contribution in [2.45, 2.75) is 17.7 Å². The molecule has 0 unspecified atom stereocenters. The number of hydrogen-bond donors (Lipinski definition) is 1. The number of carbonyl (C=O) groups is 1. The minimum absolute atomic E-state index is 0.0373. The lowest BCUT2D eigenvalue weighted by Gasteiger charge is -2.22. The zero-order valence-electron chi connectivity index (χ0n) is 19.4. The van der Waals surface area contributed by atoms with Crippen LogP contribution in [0.15, 0.2) is 83.8 Å². The predicted octanol–water partition coefficient (Wildman–Crippen LogP) is 3.30. The molecule has 0 aliphatic heterocycles. The fourth-order valence-electron chi connectivity index (χ4n) is 3.52. The van der Waals surface area contributed by atoms with E-state index >= 15 is 0 Å². The number of nitrogens with one attached hydrogen (secondary N) is 1. The van der Waals surface area contributed by atoms with Gasteiger partial charge in [-0.2, -0.15) is 4.31 Å². The Kier molecular flexibility index (Phi) is 9.07. The van der Waals surface area contributed by atoms with Crippen LogP contribution in [-0.4, -0.2) is 52.5 Å². The van der Waals surface area contributed by atoms with Crippen molar-refractivity contribution in [2.24, 2.45) is 0 Å². The lowest BCUT2D eigenvalue weighted by atomic mass is 10.1. The second-order valence-electron chi connectivity index (χ2n) is 7.68. The van der Waals surface area contributed by atoms with Gasteiger partial charge in [-0.15, -0.1) is 0 Å². The Labute approximate surface area is 201 Å². The molecule has 0 bridgehead atoms. The van der Waals surface area contributed by atoms with E-state index < -0.39 is 10.0 Å². The third-order valence-corrected chi connectivity index (χ3v) is 7.23. The largest absolute Gasteiger partial charge is 0.493 e. The first-order chi connectivity index (χ1) is 16.4. The smallest absolute Gasteiger partial charge is 0.243 e. The third-order valence-electron chi connectivity index (χ3n) is 5.38. The van der Waals surface area contributed by atoms with Crippen LogP contribution < -0.4 is 14.8 Å². The molecule has 1 amide bonds. The Bertz CT molecular complexity index is 1170. The van der Waals surface area contributed by atoms with Crippen LogP contribution in [0.2, 0.25) is 0 Å². The monoisotopic (exact) mass is 482 g/mol. The summed E-state index contributed by atoms with van der Waals surface area (Å²) in [4.78, 5) is 12.7. The quantitative estimate of drug-likeness (QED) is 0.428. The summed E-state index contributed by atoms with van der Waals surface area (Å²) >= 11 is 0. The van der Waals surface area contributed by atoms with Gasteiger partial charge in [0.25, 0.3) is 0 Å². The van der Waals surface area contributed by atoms with E-state index in [1.807, 2.05) is 60.7 Å². The molecule has 0 aliphatic rings. The van der Waals surface area contributed by atoms with E-state index in [4.69, 9.17) is 9.47 Å². The highest BCUT2D eigenvalue weighted by Crippen LogP contribution is 2.30. The van der Waals surface area contributed by atoms with Gasteiger partial charge in [-0.3, -0.25) is 4.79 Å². The SMILES string of the molecule is COc1ccc(S(=O)(=O)N(CCc2ccccc2)CC(=O)NCCc2ccccc2)cc1OC. The summed E-state index contributed by atoms with van der Waals surface area (Å²) in [6.07, 6.45) is 1.14. The highest BCUT2D eigenvalue weighted by molar-refractivity contribution is 7.89. The lowest BCUT2D eigenvalue weighted by molar-refractivity contribution is -0.121. The van der Waals surface area contributed by atoms with Crippen LogP contribution in [0.1, 0.15) is 11.1 Å². The highest BCUT2D eigenvalue weighted by atomic mass is 32.2. The summed E-state index contributed by atoms with van der Waals surface area (Å²) < 4.78 is 38.7. The van der Waals surface area contributed by atoms with Crippen molar-refractivity contribution in [2.75, 3.05) is 33.9 Å². The molecule has 0 saturated carbocycles. The Morgan fingerprint density at radius 1 is 0.824 bits per heavy atom. The van der Waals surface area contributed by atoms with Crippen molar-refractivity contribution >= 4 is 15.9 Å². The molecular weight excluding hydrogens is 452 g/mol. The minimum Gasteiger partial charge on any atom is -0.493 e. The molecular formula is C26H30N2O5S. The second kappa shape index (κ2) is 12.2. The van der Waals surface area contributed by atoms with Gasteiger partial charge < -0.3 is 14.8 Å². The summed E-state index contributed by atoms with van der Waals surface area (Å²) in [6.45, 7) is 0.302. The molecule has 1 N–H and O–H groups in total. The van der Waals surface area contributed by atoms with E-state index in [0.29, 0.717) is 30.9 Å². The van der Waals surface area contributed by atoms with Gasteiger partial charge in [-0.1, -0.05) is 60.7 Å². The number of ether oxygens (including phenoxy) is 2. The van der Waals surface area contributed by atoms with Crippen LogP contribution in [0.4, 0.5) is 0 Å². The topological polar surface area (TPSA) is 84.9 Å². The Morgan fingerprint density at radius 2 is 1.41 bits per heavy atom. The summed E-state index contributed by atoms with van der Waals surface area (Å²) in [6, 6.07) is 23.8. The summed E-state index contributed by atoms with van der Waals surface area (Å²) in [5.74, 6) is 0.378. The number of sulfonamides is 1. The maximum atomic E-state index is 13.5. The molecule has 3 rings (SSSR count). The summed E-state index contributed by atoms with van der Waals surface area (Å²) in [5, 5.41) is 2.83. The van der Waals surface area contributed by atoms with Crippen molar-refractivity contribution < 1.29 is 22.7 Å². The molecule has 0 aliphatic carbocycles. The maximum Gasteiger partial charge on any atom is 0.243 e. The van der Waals surface area contributed by atoms with Gasteiger partial charge in [-0.05, 0) is 36.1 Å². The number of nitrogens with zero attached hydrogens (tertiary/aromatic N) is 1. The van der Waals surface area contributed by atoms with Crippen molar-refractivity contribution in [1.82, 2.24) is 9.62 Å². The number of amides is 1. The first kappa shape index (κ1) is 25.3. The van der Waals surface area contributed by atoms with Crippen LogP contribution in [0.3, 0.4) is 0 Å². The van der Waals surface area contributed by atoms with Crippen molar-refractivity contribution in [3.05, 3.63) is 90.0 Å². The zero-order chi connectivity index (χ0) is 24.4. The van der Waals surface area contributed by atoms with Crippen LogP contribution >= 0.6 is 0 Å². The fourth-order valence-corrected chi connectivity index (χ4v) is 4.93. The molecule has 34 heavy (non-hydrogen) atoms. The first-order valence-corrected chi connectivity index (χ1v) is 12.4. The summed E-state index contributed by atoms with van der Waals surface area (Å²) in [5.41, 5.74) is 2.08. The van der Waals surface area contributed by atoms with Crippen LogP contribution in [0, 0.1) is 0 Å². The zero-order valence-corrected chi connectivity index (χ0v) is 20.3. The standard InChI is InChI=1S/C26H30N2O5S/c1-32-24-14-13-23(19-25(24)33-2)34(30,31)28(18-16-22-11-7-4-8-12-22)20-26(29)27-17-15-21-9-5-3-6-10-21/h3-14,19H,15-18,20H2,1-2H3,(H,27,29). The molecule has 0 saturated heterocycles. The maximum absolute atomic E-state index is 13.5. The number of benzene rings is 3. The third kappa shape index (κ3) is 6.82. The first-order valence-electron chi connectivity index (χ1n) is 11.0. The Morgan fingerprint density at radius 3 is 2.00 bits per heavy atom. The van der Waals surface area contributed by atoms with Gasteiger partial charge in [0.2, 0.25) is 15.9 Å². The van der Waals surface area contributed by atoms with Gasteiger partial charge >= 0.3 is 0 Å². The molecule has 0 aromatic heterocycles. The van der Waals surface area contributed by atoms with Gasteiger partial charge in [0.05, 0.1) is 25.7 Å². The van der Waals surface area contributed by atoms with Gasteiger partial charge in [0.1, 0.15) is 0 Å². The molecule has 3 aromatic rings. The van der Waals surface area contributed by atoms with E-state index in [0.717, 1.165) is 11.1 Å². The second-order valence-corrected chi connectivity index (χ2v) is 9.61. The number of hydrogen-bond acceptors (Lipinski definition) is 5. The van der Waals surface area contributed by atoms with E-state index in [1.165, 1.54) is 30.7 Å². The minimum atomic E-state index is -3.96. The van der Waals surface area contributed by atoms with Gasteiger partial charge in [0.15, 0.2) is 11.5 Å². The van der Waals surface area contributed by atoms with E-state index in [-0.39, 0.29) is 23.9 Å². The molecule has 0 heterocycles. The normalized spacial score (nSPS) is 11.3. The Hall–Kier alpha value is -3.36. The van der Waals surface area contributed by atoms with Crippen molar-refractivity contribution in [3.63, 3.8) is 0 Å². The fraction of sp³-hybridized carbons (Fsp3) is 0.269. The van der Waals surface area contributed by atoms with Crippen LogP contribution in [0.5, 0.6) is 11.5 Å².